The Morgan fingerprint density at radius 3 is 2.62 bits per heavy atom. The lowest BCUT2D eigenvalue weighted by molar-refractivity contribution is 0.925. The van der Waals surface area contributed by atoms with E-state index in [9.17, 15) is 0 Å². The number of nitrogens with one attached hydrogen (secondary N) is 1. The lowest BCUT2D eigenvalue weighted by Gasteiger charge is -2.05. The molecule has 0 saturated carbocycles. The Morgan fingerprint density at radius 2 is 2.06 bits per heavy atom. The van der Waals surface area contributed by atoms with E-state index in [1.165, 1.54) is 0 Å². The average Bonchev–Trinajstić information content (AvgIpc) is 2.60. The predicted molar refractivity (Wildman–Crippen MR) is 65.7 cm³/mol. The Bertz CT molecular complexity index is 519. The van der Waals surface area contributed by atoms with Gasteiger partial charge in [-0.3, -0.25) is 4.57 Å². The van der Waals surface area contributed by atoms with Gasteiger partial charge in [0.2, 0.25) is 5.95 Å². The van der Waals surface area contributed by atoms with Crippen molar-refractivity contribution in [1.82, 2.24) is 14.8 Å². The Balaban J connectivity index is 2.54. The third-order valence-electron chi connectivity index (χ3n) is 2.46. The van der Waals surface area contributed by atoms with Gasteiger partial charge in [-0.15, -0.1) is 10.2 Å². The topological polar surface area (TPSA) is 42.7 Å². The fourth-order valence-corrected chi connectivity index (χ4v) is 1.90. The van der Waals surface area contributed by atoms with Gasteiger partial charge in [0, 0.05) is 19.7 Å². The highest BCUT2D eigenvalue weighted by Crippen LogP contribution is 2.27. The van der Waals surface area contributed by atoms with E-state index in [0.29, 0.717) is 11.0 Å². The van der Waals surface area contributed by atoms with Crippen molar-refractivity contribution in [3.05, 3.63) is 28.8 Å². The quantitative estimate of drug-likeness (QED) is 0.871. The first-order valence-corrected chi connectivity index (χ1v) is 5.35. The summed E-state index contributed by atoms with van der Waals surface area (Å²) in [5.74, 6) is 1.47. The molecule has 1 N–H and O–H groups in total. The first kappa shape index (κ1) is 11.0. The normalized spacial score (nSPS) is 10.5. The summed E-state index contributed by atoms with van der Waals surface area (Å²) in [5, 5.41) is 11.8. The second-order valence-corrected chi connectivity index (χ2v) is 4.05. The maximum Gasteiger partial charge on any atom is 0.224 e. The van der Waals surface area contributed by atoms with E-state index in [1.54, 1.807) is 0 Å². The van der Waals surface area contributed by atoms with E-state index in [2.05, 4.69) is 15.5 Å². The third kappa shape index (κ3) is 1.76. The van der Waals surface area contributed by atoms with Crippen LogP contribution in [-0.4, -0.2) is 21.8 Å². The number of nitrogens with zero attached hydrogens (tertiary/aromatic N) is 3. The number of hydrogen-bond donors (Lipinski definition) is 1. The number of anilines is 1. The van der Waals surface area contributed by atoms with Crippen molar-refractivity contribution in [2.24, 2.45) is 7.05 Å². The number of hydrogen-bond acceptors (Lipinski definition) is 3. The second kappa shape index (κ2) is 4.14. The molecular weight excluding hydrogens is 224 g/mol. The van der Waals surface area contributed by atoms with Crippen molar-refractivity contribution < 1.29 is 0 Å². The van der Waals surface area contributed by atoms with Gasteiger partial charge in [-0.2, -0.15) is 0 Å². The molecule has 0 fully saturated rings. The zero-order valence-electron chi connectivity index (χ0n) is 9.45. The lowest BCUT2D eigenvalue weighted by atomic mass is 10.1. The molecule has 0 bridgehead atoms. The van der Waals surface area contributed by atoms with E-state index >= 15 is 0 Å². The van der Waals surface area contributed by atoms with Gasteiger partial charge < -0.3 is 5.32 Å². The summed E-state index contributed by atoms with van der Waals surface area (Å²) in [6.07, 6.45) is 0. The summed E-state index contributed by atoms with van der Waals surface area (Å²) in [5.41, 5.74) is 2.02. The summed E-state index contributed by atoms with van der Waals surface area (Å²) in [6, 6.07) is 5.89. The Hall–Kier alpha value is -1.55. The van der Waals surface area contributed by atoms with Gasteiger partial charge in [-0.25, -0.2) is 0 Å². The van der Waals surface area contributed by atoms with Crippen molar-refractivity contribution in [1.29, 1.82) is 0 Å². The van der Waals surface area contributed by atoms with Crippen molar-refractivity contribution in [3.63, 3.8) is 0 Å². The first-order valence-electron chi connectivity index (χ1n) is 4.97. The highest BCUT2D eigenvalue weighted by Gasteiger charge is 2.12. The highest BCUT2D eigenvalue weighted by molar-refractivity contribution is 6.33. The van der Waals surface area contributed by atoms with Crippen LogP contribution < -0.4 is 5.32 Å². The van der Waals surface area contributed by atoms with E-state index < -0.39 is 0 Å². The maximum absolute atomic E-state index is 6.19. The third-order valence-corrected chi connectivity index (χ3v) is 2.78. The fourth-order valence-electron chi connectivity index (χ4n) is 1.58. The SMILES string of the molecule is CNc1nnc(-c2ccc(C)cc2Cl)n1C. The van der Waals surface area contributed by atoms with Gasteiger partial charge in [0.1, 0.15) is 0 Å². The van der Waals surface area contributed by atoms with Gasteiger partial charge in [0.15, 0.2) is 5.82 Å². The van der Waals surface area contributed by atoms with Crippen molar-refractivity contribution >= 4 is 17.5 Å². The minimum atomic E-state index is 0.693. The molecule has 0 radical (unpaired) electrons. The Kier molecular flexibility index (Phi) is 2.83. The van der Waals surface area contributed by atoms with Crippen LogP contribution >= 0.6 is 11.6 Å². The molecule has 1 aromatic carbocycles. The number of aryl methyl sites for hydroxylation is 1. The molecular formula is C11H13ClN4. The van der Waals surface area contributed by atoms with Crippen molar-refractivity contribution in [3.8, 4) is 11.4 Å². The molecule has 1 aromatic heterocycles. The Labute approximate surface area is 99.3 Å². The lowest BCUT2D eigenvalue weighted by Crippen LogP contribution is -1.99. The van der Waals surface area contributed by atoms with Crippen molar-refractivity contribution in [2.45, 2.75) is 6.92 Å². The standard InChI is InChI=1S/C11H13ClN4/c1-7-4-5-8(9(12)6-7)10-14-15-11(13-2)16(10)3/h4-6H,1-3H3,(H,13,15). The molecule has 2 rings (SSSR count). The van der Waals surface area contributed by atoms with Crippen LogP contribution in [0.4, 0.5) is 5.95 Å². The minimum Gasteiger partial charge on any atom is -0.357 e. The molecule has 0 aliphatic rings. The molecule has 0 amide bonds. The van der Waals surface area contributed by atoms with Gasteiger partial charge in [0.25, 0.3) is 0 Å². The minimum absolute atomic E-state index is 0.693. The smallest absolute Gasteiger partial charge is 0.224 e. The molecule has 2 aromatic rings. The Morgan fingerprint density at radius 1 is 1.31 bits per heavy atom. The van der Waals surface area contributed by atoms with Gasteiger partial charge >= 0.3 is 0 Å². The van der Waals surface area contributed by atoms with Crippen LogP contribution in [0.2, 0.25) is 5.02 Å². The maximum atomic E-state index is 6.19. The van der Waals surface area contributed by atoms with Gasteiger partial charge in [0.05, 0.1) is 5.02 Å². The van der Waals surface area contributed by atoms with E-state index in [4.69, 9.17) is 11.6 Å². The summed E-state index contributed by atoms with van der Waals surface area (Å²) >= 11 is 6.19. The van der Waals surface area contributed by atoms with Crippen LogP contribution in [0.3, 0.4) is 0 Å². The van der Waals surface area contributed by atoms with E-state index in [1.807, 2.05) is 43.8 Å². The van der Waals surface area contributed by atoms with E-state index in [0.717, 1.165) is 17.0 Å². The molecule has 0 atom stereocenters. The molecule has 5 heteroatoms. The number of halogens is 1. The number of benzene rings is 1. The predicted octanol–water partition coefficient (Wildman–Crippen LogP) is 2.49. The molecule has 84 valence electrons. The van der Waals surface area contributed by atoms with Crippen LogP contribution in [0.1, 0.15) is 5.56 Å². The van der Waals surface area contributed by atoms with Crippen LogP contribution in [0.15, 0.2) is 18.2 Å². The summed E-state index contributed by atoms with van der Waals surface area (Å²) in [6.45, 7) is 2.01. The molecule has 16 heavy (non-hydrogen) atoms. The van der Waals surface area contributed by atoms with Crippen LogP contribution in [0.5, 0.6) is 0 Å². The van der Waals surface area contributed by atoms with Gasteiger partial charge in [-0.05, 0) is 24.6 Å². The monoisotopic (exact) mass is 236 g/mol. The summed E-state index contributed by atoms with van der Waals surface area (Å²) in [7, 11) is 3.71. The molecule has 0 spiro atoms. The zero-order valence-corrected chi connectivity index (χ0v) is 10.2. The molecule has 1 heterocycles. The molecule has 0 saturated heterocycles. The second-order valence-electron chi connectivity index (χ2n) is 3.64. The van der Waals surface area contributed by atoms with Crippen LogP contribution in [0.25, 0.3) is 11.4 Å². The number of aromatic nitrogens is 3. The molecule has 0 unspecified atom stereocenters. The first-order chi connectivity index (χ1) is 7.63. The fraction of sp³-hybridized carbons (Fsp3) is 0.273. The number of rotatable bonds is 2. The summed E-state index contributed by atoms with van der Waals surface area (Å²) in [4.78, 5) is 0. The zero-order chi connectivity index (χ0) is 11.7. The summed E-state index contributed by atoms with van der Waals surface area (Å²) < 4.78 is 1.87. The molecule has 4 nitrogen and oxygen atoms in total. The highest BCUT2D eigenvalue weighted by atomic mass is 35.5. The van der Waals surface area contributed by atoms with Crippen LogP contribution in [-0.2, 0) is 7.05 Å². The van der Waals surface area contributed by atoms with Gasteiger partial charge in [-0.1, -0.05) is 17.7 Å². The largest absolute Gasteiger partial charge is 0.357 e. The van der Waals surface area contributed by atoms with E-state index in [-0.39, 0.29) is 0 Å². The van der Waals surface area contributed by atoms with Crippen LogP contribution in [0, 0.1) is 6.92 Å². The molecule has 0 aliphatic heterocycles. The van der Waals surface area contributed by atoms with Crippen molar-refractivity contribution in [2.75, 3.05) is 12.4 Å². The average molecular weight is 237 g/mol. The molecule has 0 aliphatic carbocycles.